The molecular formula is C55H95N17O14S. The molecule has 1 aliphatic heterocycles. The zero-order valence-electron chi connectivity index (χ0n) is 51.0. The van der Waals surface area contributed by atoms with Gasteiger partial charge in [-0.3, -0.25) is 57.7 Å². The third kappa shape index (κ3) is 28.6. The first kappa shape index (κ1) is 75.5. The number of nitrogens with zero attached hydrogens (tertiary/aromatic N) is 3. The second-order valence-corrected chi connectivity index (χ2v) is 23.9. The number of guanidine groups is 1. The van der Waals surface area contributed by atoms with E-state index in [1.165, 1.54) is 29.2 Å². The molecule has 1 aromatic rings. The number of aromatic amines is 1. The highest BCUT2D eigenvalue weighted by atomic mass is 32.2. The largest absolute Gasteiger partial charge is 0.481 e. The van der Waals surface area contributed by atoms with Crippen molar-refractivity contribution in [2.75, 3.05) is 31.6 Å². The summed E-state index contributed by atoms with van der Waals surface area (Å²) in [6.45, 7) is 11.1. The number of carboxylic acid groups (broad SMARTS) is 2. The topological polar surface area (TPSA) is 516 Å². The Bertz CT molecular complexity index is 2480. The van der Waals surface area contributed by atoms with Gasteiger partial charge in [0, 0.05) is 37.8 Å². The van der Waals surface area contributed by atoms with E-state index in [-0.39, 0.29) is 107 Å². The fourth-order valence-electron chi connectivity index (χ4n) is 9.49. The summed E-state index contributed by atoms with van der Waals surface area (Å²) in [6.07, 6.45) is 4.79. The zero-order valence-corrected chi connectivity index (χ0v) is 51.8. The number of carbonyl (C=O) groups excluding carboxylic acids is 10. The third-order valence-corrected chi connectivity index (χ3v) is 14.5. The molecule has 21 N–H and O–H groups in total. The minimum atomic E-state index is -1.83. The maximum Gasteiger partial charge on any atom is 0.326 e. The number of nitrogens with one attached hydrogen (secondary N) is 9. The summed E-state index contributed by atoms with van der Waals surface area (Å²) in [5.41, 5.74) is 29.2. The first-order valence-electron chi connectivity index (χ1n) is 29.4. The van der Waals surface area contributed by atoms with Crippen LogP contribution < -0.4 is 71.2 Å². The predicted molar refractivity (Wildman–Crippen MR) is 323 cm³/mol. The van der Waals surface area contributed by atoms with Crippen LogP contribution in [0.5, 0.6) is 0 Å². The summed E-state index contributed by atoms with van der Waals surface area (Å²) in [5, 5.41) is 39.9. The van der Waals surface area contributed by atoms with Crippen molar-refractivity contribution in [3.8, 4) is 0 Å². The summed E-state index contributed by atoms with van der Waals surface area (Å²) in [5.74, 6) is -11.9. The summed E-state index contributed by atoms with van der Waals surface area (Å²) >= 11 is 1.31. The first-order valence-corrected chi connectivity index (χ1v) is 30.8. The number of nitrogens with two attached hydrogens (primary N) is 5. The van der Waals surface area contributed by atoms with Crippen molar-refractivity contribution in [2.24, 2.45) is 51.4 Å². The van der Waals surface area contributed by atoms with Gasteiger partial charge in [0.25, 0.3) is 0 Å². The van der Waals surface area contributed by atoms with Crippen LogP contribution in [0, 0.1) is 17.8 Å². The van der Waals surface area contributed by atoms with E-state index in [1.54, 1.807) is 47.8 Å². The van der Waals surface area contributed by atoms with Gasteiger partial charge in [-0.1, -0.05) is 41.5 Å². The van der Waals surface area contributed by atoms with Crippen LogP contribution >= 0.6 is 11.8 Å². The molecule has 0 spiro atoms. The highest BCUT2D eigenvalue weighted by Crippen LogP contribution is 2.20. The van der Waals surface area contributed by atoms with Crippen LogP contribution in [0.1, 0.15) is 137 Å². The molecule has 10 atom stereocenters. The molecule has 0 radical (unpaired) electrons. The normalized spacial score (nSPS) is 16.1. The number of aliphatic carboxylic acids is 2. The molecule has 87 heavy (non-hydrogen) atoms. The van der Waals surface area contributed by atoms with Crippen molar-refractivity contribution in [1.82, 2.24) is 57.4 Å². The van der Waals surface area contributed by atoms with Crippen LogP contribution in [0.4, 0.5) is 0 Å². The van der Waals surface area contributed by atoms with Crippen LogP contribution in [-0.2, 0) is 64.0 Å². The van der Waals surface area contributed by atoms with Crippen LogP contribution in [0.25, 0.3) is 0 Å². The molecule has 490 valence electrons. The molecule has 2 rings (SSSR count). The third-order valence-electron chi connectivity index (χ3n) is 13.9. The lowest BCUT2D eigenvalue weighted by molar-refractivity contribution is -0.144. The van der Waals surface area contributed by atoms with Crippen molar-refractivity contribution < 1.29 is 67.7 Å². The molecule has 0 bridgehead atoms. The monoisotopic (exact) mass is 1250 g/mol. The predicted octanol–water partition coefficient (Wildman–Crippen LogP) is -2.95. The molecular weight excluding hydrogens is 1150 g/mol. The molecule has 31 nitrogen and oxygen atoms in total. The Morgan fingerprint density at radius 1 is 0.644 bits per heavy atom. The van der Waals surface area contributed by atoms with Gasteiger partial charge in [-0.25, -0.2) is 9.78 Å². The maximum atomic E-state index is 14.5. The second-order valence-electron chi connectivity index (χ2n) is 22.9. The Morgan fingerprint density at radius 3 is 1.57 bits per heavy atom. The number of carbonyl (C=O) groups is 12. The Labute approximate surface area is 511 Å². The molecule has 1 saturated heterocycles. The molecule has 0 aliphatic carbocycles. The minimum absolute atomic E-state index is 0.0000372. The molecule has 32 heteroatoms. The number of H-pyrrole nitrogens is 1. The Hall–Kier alpha value is -7.61. The van der Waals surface area contributed by atoms with Gasteiger partial charge in [-0.05, 0) is 113 Å². The van der Waals surface area contributed by atoms with E-state index in [0.717, 1.165) is 0 Å². The van der Waals surface area contributed by atoms with E-state index in [2.05, 4.69) is 57.5 Å². The van der Waals surface area contributed by atoms with Crippen molar-refractivity contribution in [2.45, 2.75) is 198 Å². The number of amides is 10. The number of likely N-dealkylation sites (tertiary alicyclic amines) is 1. The van der Waals surface area contributed by atoms with E-state index in [0.29, 0.717) is 25.0 Å². The fraction of sp³-hybridized carbons (Fsp3) is 0.709. The number of primary amides is 1. The van der Waals surface area contributed by atoms with E-state index in [9.17, 15) is 67.7 Å². The molecule has 2 heterocycles. The average Bonchev–Trinajstić information content (AvgIpc) is 2.59. The summed E-state index contributed by atoms with van der Waals surface area (Å²) in [7, 11) is 0. The van der Waals surface area contributed by atoms with Gasteiger partial charge >= 0.3 is 11.9 Å². The van der Waals surface area contributed by atoms with E-state index in [4.69, 9.17) is 28.7 Å². The number of thioether (sulfide) groups is 1. The van der Waals surface area contributed by atoms with Crippen molar-refractivity contribution in [1.29, 1.82) is 0 Å². The summed E-state index contributed by atoms with van der Waals surface area (Å²) in [6, 6.07) is -13.4. The van der Waals surface area contributed by atoms with Crippen LogP contribution in [0.3, 0.4) is 0 Å². The second kappa shape index (κ2) is 39.2. The quantitative estimate of drug-likeness (QED) is 0.0177. The van der Waals surface area contributed by atoms with Crippen LogP contribution in [0.2, 0.25) is 0 Å². The van der Waals surface area contributed by atoms with E-state index in [1.807, 2.05) is 0 Å². The van der Waals surface area contributed by atoms with Crippen molar-refractivity contribution in [3.63, 3.8) is 0 Å². The standard InChI is InChI=1S/C55H95N17O14S/c1-29(2)22-38(49(80)66-37(17-21-87-7)48(79)65-36(15-16-43(58)73)47(78)70-40(26-44(74)75)51(82)71-41(54(85)86)24-31(5)6)69-50(81)39(23-30(3)4)68-46(77)34(12-8-9-18-56)64-45(76)35(13-10-19-62-55(59)60)67-52(83)42-14-11-20-72(42)53(84)33(57)25-32-27-61-28-63-32/h27-31,33-42H,8-26,56-57H2,1-7H3,(H2,58,73)(H,61,63)(H,64,76)(H,65,79)(H,66,80)(H,67,83)(H,68,77)(H,69,81)(H,70,78)(H,71,82)(H,74,75)(H,85,86)(H4,59,60,62)/t33-,34-,35-,36-,37-,38-,39-,40-,41-,42-/m0/s1. The number of hydrogen-bond donors (Lipinski definition) is 16. The summed E-state index contributed by atoms with van der Waals surface area (Å²) < 4.78 is 0. The minimum Gasteiger partial charge on any atom is -0.481 e. The molecule has 0 saturated carbocycles. The van der Waals surface area contributed by atoms with Gasteiger partial charge in [0.05, 0.1) is 18.8 Å². The number of aliphatic imine (C=N–C) groups is 1. The van der Waals surface area contributed by atoms with Gasteiger partial charge < -0.3 is 91.3 Å². The van der Waals surface area contributed by atoms with E-state index < -0.39 is 151 Å². The number of hydrogen-bond acceptors (Lipinski definition) is 17. The highest BCUT2D eigenvalue weighted by Gasteiger charge is 2.40. The SMILES string of the molecule is CSCC[C@H](NC(=O)[C@H](CC(C)C)NC(=O)[C@H](CC(C)C)NC(=O)[C@H](CCCCN)NC(=O)[C@H](CCCN=C(N)N)NC(=O)[C@@H]1CCCN1C(=O)[C@@H](N)Cc1cnc[nH]1)C(=O)N[C@@H](CCC(N)=O)C(=O)N[C@@H](CC(=O)O)C(=O)N[C@@H](CC(C)C)C(=O)O. The molecule has 1 aliphatic rings. The summed E-state index contributed by atoms with van der Waals surface area (Å²) in [4.78, 5) is 174. The smallest absolute Gasteiger partial charge is 0.326 e. The lowest BCUT2D eigenvalue weighted by atomic mass is 9.99. The fourth-order valence-corrected chi connectivity index (χ4v) is 9.96. The molecule has 1 aromatic heterocycles. The Balaban J connectivity index is 2.44. The molecule has 0 aromatic carbocycles. The van der Waals surface area contributed by atoms with Crippen LogP contribution in [0.15, 0.2) is 17.5 Å². The average molecular weight is 1250 g/mol. The van der Waals surface area contributed by atoms with Crippen LogP contribution in [-0.4, -0.2) is 194 Å². The Morgan fingerprint density at radius 2 is 1.10 bits per heavy atom. The Kier molecular flexibility index (Phi) is 34.0. The van der Waals surface area contributed by atoms with Gasteiger partial charge in [0.2, 0.25) is 59.1 Å². The molecule has 10 amide bonds. The number of carboxylic acids is 2. The van der Waals surface area contributed by atoms with Crippen molar-refractivity contribution in [3.05, 3.63) is 18.2 Å². The zero-order chi connectivity index (χ0) is 65.5. The number of imidazole rings is 1. The van der Waals surface area contributed by atoms with Gasteiger partial charge in [0.1, 0.15) is 54.4 Å². The lowest BCUT2D eigenvalue weighted by Gasteiger charge is -2.30. The van der Waals surface area contributed by atoms with Gasteiger partial charge in [-0.2, -0.15) is 11.8 Å². The van der Waals surface area contributed by atoms with E-state index >= 15 is 0 Å². The first-order chi connectivity index (χ1) is 41.0. The van der Waals surface area contributed by atoms with Gasteiger partial charge in [-0.15, -0.1) is 0 Å². The maximum absolute atomic E-state index is 14.5. The number of unbranched alkanes of at least 4 members (excludes halogenated alkanes) is 1. The lowest BCUT2D eigenvalue weighted by Crippen LogP contribution is -2.61. The molecule has 0 unspecified atom stereocenters. The molecule has 1 fully saturated rings. The number of rotatable bonds is 42. The number of aromatic nitrogens is 2. The van der Waals surface area contributed by atoms with Crippen molar-refractivity contribution >= 4 is 88.7 Å². The van der Waals surface area contributed by atoms with Gasteiger partial charge in [0.15, 0.2) is 5.96 Å². The highest BCUT2D eigenvalue weighted by molar-refractivity contribution is 7.98.